The van der Waals surface area contributed by atoms with Crippen LogP contribution in [0.5, 0.6) is 0 Å². The Bertz CT molecular complexity index is 4780. The summed E-state index contributed by atoms with van der Waals surface area (Å²) in [4.78, 5) is 4.97. The van der Waals surface area contributed by atoms with Gasteiger partial charge in [-0.25, -0.2) is 0 Å². The number of hydrogen-bond donors (Lipinski definition) is 0. The predicted octanol–water partition coefficient (Wildman–Crippen LogP) is 22.1. The van der Waals surface area contributed by atoms with E-state index in [1.807, 2.05) is 0 Å². The van der Waals surface area contributed by atoms with Crippen molar-refractivity contribution in [2.75, 3.05) is 9.80 Å². The average molecular weight is 1060 g/mol. The lowest BCUT2D eigenvalue weighted by molar-refractivity contribution is 0.767. The zero-order valence-electron chi connectivity index (χ0n) is 47.1. The van der Waals surface area contributed by atoms with Gasteiger partial charge in [0.15, 0.2) is 0 Å². The average Bonchev–Trinajstić information content (AvgIpc) is 2.00. The third-order valence-corrected chi connectivity index (χ3v) is 17.4. The molecule has 0 radical (unpaired) electrons. The minimum Gasteiger partial charge on any atom is -0.310 e. The molecule has 0 aliphatic heterocycles. The van der Waals surface area contributed by atoms with Crippen LogP contribution in [-0.2, 0) is 5.41 Å². The molecule has 0 N–H and O–H groups in total. The number of aryl methyl sites for hydroxylation is 4. The molecule has 0 saturated carbocycles. The summed E-state index contributed by atoms with van der Waals surface area (Å²) in [5, 5.41) is 7.31. The standard InChI is InChI=1S/C81H60N2/c1-53-19-13-23-59(47-53)67-31-5-7-33-69(67)70-34-8-6-32-68(70)60-24-17-29-65(51-60)82(63-27-15-21-55(3)49-63)77-45-41-57-40-44-74-78(46-42-58-39-43-73(77)79(57)80(58)74)83(64-28-16-22-56(4)50-64)66-30-18-26-62(52-66)81(61-25-14-20-54(2)48-61)75-37-11-9-35-71(75)72-36-10-12-38-76(72)81/h5-52H,1-4H3. The molecule has 0 amide bonds. The normalized spacial score (nSPS) is 12.4. The van der Waals surface area contributed by atoms with E-state index in [0.717, 1.165) is 39.7 Å². The molecule has 14 aromatic carbocycles. The highest BCUT2D eigenvalue weighted by molar-refractivity contribution is 6.28. The Morgan fingerprint density at radius 2 is 0.614 bits per heavy atom. The Kier molecular flexibility index (Phi) is 12.0. The molecule has 0 fully saturated rings. The monoisotopic (exact) mass is 1060 g/mol. The van der Waals surface area contributed by atoms with Gasteiger partial charge in [0.1, 0.15) is 0 Å². The van der Waals surface area contributed by atoms with Gasteiger partial charge in [0.05, 0.1) is 16.8 Å². The molecule has 0 spiro atoms. The van der Waals surface area contributed by atoms with E-state index in [1.165, 1.54) is 116 Å². The minimum atomic E-state index is -0.550. The van der Waals surface area contributed by atoms with Gasteiger partial charge in [-0.3, -0.25) is 0 Å². The van der Waals surface area contributed by atoms with E-state index in [4.69, 9.17) is 0 Å². The maximum absolute atomic E-state index is 2.50. The van der Waals surface area contributed by atoms with Gasteiger partial charge in [-0.15, -0.1) is 0 Å². The van der Waals surface area contributed by atoms with Gasteiger partial charge >= 0.3 is 0 Å². The van der Waals surface area contributed by atoms with E-state index < -0.39 is 5.41 Å². The van der Waals surface area contributed by atoms with E-state index in [1.54, 1.807) is 0 Å². The van der Waals surface area contributed by atoms with Crippen molar-refractivity contribution in [3.05, 3.63) is 336 Å². The van der Waals surface area contributed by atoms with E-state index in [9.17, 15) is 0 Å². The largest absolute Gasteiger partial charge is 0.310 e. The molecule has 394 valence electrons. The second-order valence-electron chi connectivity index (χ2n) is 22.7. The number of anilines is 6. The second-order valence-corrected chi connectivity index (χ2v) is 22.7. The first-order chi connectivity index (χ1) is 40.8. The Balaban J connectivity index is 0.914. The van der Waals surface area contributed by atoms with Crippen LogP contribution in [0.2, 0.25) is 0 Å². The first kappa shape index (κ1) is 49.7. The summed E-state index contributed by atoms with van der Waals surface area (Å²) in [6.07, 6.45) is 0. The molecule has 83 heavy (non-hydrogen) atoms. The summed E-state index contributed by atoms with van der Waals surface area (Å²) in [5.41, 5.74) is 25.9. The number of rotatable bonds is 11. The minimum absolute atomic E-state index is 0.550. The summed E-state index contributed by atoms with van der Waals surface area (Å²) < 4.78 is 0. The Morgan fingerprint density at radius 1 is 0.253 bits per heavy atom. The fraction of sp³-hybridized carbons (Fsp3) is 0.0617. The fourth-order valence-electron chi connectivity index (χ4n) is 13.9. The van der Waals surface area contributed by atoms with Gasteiger partial charge < -0.3 is 9.80 Å². The molecule has 14 aromatic rings. The van der Waals surface area contributed by atoms with Crippen molar-refractivity contribution in [3.63, 3.8) is 0 Å². The lowest BCUT2D eigenvalue weighted by atomic mass is 9.67. The predicted molar refractivity (Wildman–Crippen MR) is 352 cm³/mol. The van der Waals surface area contributed by atoms with Crippen LogP contribution >= 0.6 is 0 Å². The molecule has 0 heterocycles. The van der Waals surface area contributed by atoms with Crippen molar-refractivity contribution in [2.45, 2.75) is 33.1 Å². The van der Waals surface area contributed by atoms with Crippen LogP contribution < -0.4 is 9.80 Å². The molecule has 0 unspecified atom stereocenters. The van der Waals surface area contributed by atoms with Gasteiger partial charge in [0.2, 0.25) is 0 Å². The van der Waals surface area contributed by atoms with Crippen LogP contribution in [0.4, 0.5) is 34.1 Å². The summed E-state index contributed by atoms with van der Waals surface area (Å²) in [7, 11) is 0. The Hall–Kier alpha value is -10.3. The van der Waals surface area contributed by atoms with Crippen molar-refractivity contribution in [2.24, 2.45) is 0 Å². The fourth-order valence-corrected chi connectivity index (χ4v) is 13.9. The summed E-state index contributed by atoms with van der Waals surface area (Å²) >= 11 is 0. The van der Waals surface area contributed by atoms with Gasteiger partial charge in [0.25, 0.3) is 0 Å². The first-order valence-corrected chi connectivity index (χ1v) is 29.0. The number of nitrogens with zero attached hydrogens (tertiary/aromatic N) is 2. The van der Waals surface area contributed by atoms with E-state index in [-0.39, 0.29) is 0 Å². The molecule has 0 saturated heterocycles. The smallest absolute Gasteiger partial charge is 0.0714 e. The SMILES string of the molecule is Cc1cccc(-c2ccccc2-c2ccccc2-c2cccc(N(c3cccc(C)c3)c3ccc4ccc5c(N(c6cccc(C)c6)c6cccc(C7(c8cccc(C)c8)c8ccccc8-c8ccccc87)c6)ccc6ccc3c4c65)c2)c1. The summed E-state index contributed by atoms with van der Waals surface area (Å²) in [6, 6.07) is 109. The van der Waals surface area contributed by atoms with Crippen LogP contribution in [0.25, 0.3) is 76.8 Å². The third kappa shape index (κ3) is 8.24. The maximum atomic E-state index is 2.50. The summed E-state index contributed by atoms with van der Waals surface area (Å²) in [5.74, 6) is 0. The molecular weight excluding hydrogens is 1000 g/mol. The second kappa shape index (κ2) is 20.1. The summed E-state index contributed by atoms with van der Waals surface area (Å²) in [6.45, 7) is 8.77. The van der Waals surface area contributed by atoms with Crippen molar-refractivity contribution < 1.29 is 0 Å². The van der Waals surface area contributed by atoms with Gasteiger partial charge in [-0.2, -0.15) is 0 Å². The van der Waals surface area contributed by atoms with Crippen LogP contribution in [0.1, 0.15) is 44.5 Å². The molecule has 2 heteroatoms. The Labute approximate surface area is 486 Å². The zero-order chi connectivity index (χ0) is 55.8. The number of fused-ring (bicyclic) bond motifs is 3. The molecule has 1 aliphatic carbocycles. The van der Waals surface area contributed by atoms with E-state index in [2.05, 4.69) is 329 Å². The lowest BCUT2D eigenvalue weighted by Gasteiger charge is -2.35. The van der Waals surface area contributed by atoms with E-state index >= 15 is 0 Å². The molecule has 1 aliphatic rings. The van der Waals surface area contributed by atoms with E-state index in [0.29, 0.717) is 0 Å². The third-order valence-electron chi connectivity index (χ3n) is 17.4. The lowest BCUT2D eigenvalue weighted by Crippen LogP contribution is -2.29. The molecule has 0 aromatic heterocycles. The van der Waals surface area contributed by atoms with Gasteiger partial charge in [0, 0.05) is 33.5 Å². The molecule has 15 rings (SSSR count). The number of hydrogen-bond acceptors (Lipinski definition) is 2. The Morgan fingerprint density at radius 3 is 1.11 bits per heavy atom. The molecule has 0 bridgehead atoms. The first-order valence-electron chi connectivity index (χ1n) is 29.0. The quantitative estimate of drug-likeness (QED) is 0.119. The van der Waals surface area contributed by atoms with Crippen molar-refractivity contribution in [1.29, 1.82) is 0 Å². The van der Waals surface area contributed by atoms with Gasteiger partial charge in [-0.05, 0) is 188 Å². The molecule has 0 atom stereocenters. The topological polar surface area (TPSA) is 6.48 Å². The maximum Gasteiger partial charge on any atom is 0.0714 e. The zero-order valence-corrected chi connectivity index (χ0v) is 47.1. The number of benzene rings is 14. The van der Waals surface area contributed by atoms with Crippen LogP contribution in [0.3, 0.4) is 0 Å². The highest BCUT2D eigenvalue weighted by atomic mass is 15.2. The highest BCUT2D eigenvalue weighted by Crippen LogP contribution is 2.57. The van der Waals surface area contributed by atoms with Crippen molar-refractivity contribution >= 4 is 66.4 Å². The van der Waals surface area contributed by atoms with Crippen LogP contribution in [0, 0.1) is 27.7 Å². The van der Waals surface area contributed by atoms with Crippen LogP contribution in [-0.4, -0.2) is 0 Å². The van der Waals surface area contributed by atoms with Crippen molar-refractivity contribution in [1.82, 2.24) is 0 Å². The van der Waals surface area contributed by atoms with Crippen molar-refractivity contribution in [3.8, 4) is 44.5 Å². The molecule has 2 nitrogen and oxygen atoms in total. The van der Waals surface area contributed by atoms with Crippen LogP contribution in [0.15, 0.2) is 291 Å². The van der Waals surface area contributed by atoms with Gasteiger partial charge in [-0.1, -0.05) is 242 Å². The molecular formula is C81H60N2. The highest BCUT2D eigenvalue weighted by Gasteiger charge is 2.46.